The van der Waals surface area contributed by atoms with Gasteiger partial charge >= 0.3 is 0 Å². The van der Waals surface area contributed by atoms with Crippen molar-refractivity contribution >= 4 is 5.78 Å². The lowest BCUT2D eigenvalue weighted by molar-refractivity contribution is -0.116. The van der Waals surface area contributed by atoms with Crippen molar-refractivity contribution in [1.82, 2.24) is 4.90 Å². The Morgan fingerprint density at radius 3 is 2.88 bits per heavy atom. The average Bonchev–Trinajstić information content (AvgIpc) is 2.74. The van der Waals surface area contributed by atoms with E-state index in [-0.39, 0.29) is 6.61 Å². The number of Topliss-reactive ketones (excluding diaryl/α,β-unsaturated/α-hetero) is 1. The highest BCUT2D eigenvalue weighted by Gasteiger charge is 2.40. The minimum atomic E-state index is 0.268. The van der Waals surface area contributed by atoms with Crippen molar-refractivity contribution in [2.45, 2.75) is 63.5 Å². The van der Waals surface area contributed by atoms with Crippen LogP contribution in [0.25, 0.3) is 0 Å². The topological polar surface area (TPSA) is 40.5 Å². The Morgan fingerprint density at radius 1 is 1.18 bits per heavy atom. The number of nitrogens with zero attached hydrogens (tertiary/aromatic N) is 1. The first-order valence-corrected chi connectivity index (χ1v) is 6.95. The van der Waals surface area contributed by atoms with Gasteiger partial charge in [0, 0.05) is 36.4 Å². The van der Waals surface area contributed by atoms with Crippen LogP contribution in [0, 0.1) is 0 Å². The Labute approximate surface area is 102 Å². The predicted octanol–water partition coefficient (Wildman–Crippen LogP) is 2.00. The lowest BCUT2D eigenvalue weighted by atomic mass is 9.86. The minimum Gasteiger partial charge on any atom is -0.396 e. The second-order valence-electron chi connectivity index (χ2n) is 5.55. The molecule has 0 aromatic rings. The van der Waals surface area contributed by atoms with E-state index in [1.54, 1.807) is 0 Å². The highest BCUT2D eigenvalue weighted by atomic mass is 16.3. The van der Waals surface area contributed by atoms with Crippen LogP contribution in [0.3, 0.4) is 0 Å². The molecule has 1 N–H and O–H groups in total. The average molecular weight is 235 g/mol. The predicted molar refractivity (Wildman–Crippen MR) is 65.5 cm³/mol. The molecule has 0 bridgehead atoms. The van der Waals surface area contributed by atoms with E-state index in [2.05, 4.69) is 4.90 Å². The second-order valence-corrected chi connectivity index (χ2v) is 5.55. The van der Waals surface area contributed by atoms with E-state index in [4.69, 9.17) is 5.11 Å². The van der Waals surface area contributed by atoms with E-state index < -0.39 is 0 Å². The summed E-state index contributed by atoms with van der Waals surface area (Å²) in [5.74, 6) is 0.388. The Balaban J connectivity index is 1.91. The molecule has 0 spiro atoms. The van der Waals surface area contributed by atoms with Crippen LogP contribution in [0.15, 0.2) is 11.3 Å². The molecule has 0 aromatic heterocycles. The van der Waals surface area contributed by atoms with Gasteiger partial charge in [0.2, 0.25) is 0 Å². The van der Waals surface area contributed by atoms with Crippen molar-refractivity contribution in [1.29, 1.82) is 0 Å². The van der Waals surface area contributed by atoms with E-state index >= 15 is 0 Å². The molecule has 2 atom stereocenters. The maximum Gasteiger partial charge on any atom is 0.160 e. The molecule has 2 heterocycles. The molecule has 1 saturated heterocycles. The van der Waals surface area contributed by atoms with Crippen molar-refractivity contribution in [3.8, 4) is 0 Å². The van der Waals surface area contributed by atoms with Crippen LogP contribution in [0.2, 0.25) is 0 Å². The number of ketones is 1. The van der Waals surface area contributed by atoms with E-state index in [0.29, 0.717) is 17.9 Å². The number of allylic oxidation sites excluding steroid dienone is 2. The molecule has 0 amide bonds. The van der Waals surface area contributed by atoms with E-state index in [0.717, 1.165) is 44.1 Å². The smallest absolute Gasteiger partial charge is 0.160 e. The van der Waals surface area contributed by atoms with E-state index in [9.17, 15) is 4.79 Å². The van der Waals surface area contributed by atoms with Gasteiger partial charge in [-0.15, -0.1) is 0 Å². The number of carbonyl (C=O) groups is 1. The van der Waals surface area contributed by atoms with Gasteiger partial charge in [-0.25, -0.2) is 0 Å². The first-order valence-electron chi connectivity index (χ1n) is 6.95. The van der Waals surface area contributed by atoms with Crippen LogP contribution in [0.4, 0.5) is 0 Å². The molecule has 3 aliphatic rings. The van der Waals surface area contributed by atoms with Crippen molar-refractivity contribution < 1.29 is 9.90 Å². The van der Waals surface area contributed by atoms with E-state index in [1.165, 1.54) is 18.5 Å². The van der Waals surface area contributed by atoms with Crippen LogP contribution >= 0.6 is 0 Å². The second kappa shape index (κ2) is 4.45. The molecule has 3 heteroatoms. The van der Waals surface area contributed by atoms with Gasteiger partial charge in [-0.1, -0.05) is 0 Å². The molecule has 94 valence electrons. The molecule has 3 rings (SSSR count). The maximum atomic E-state index is 11.9. The lowest BCUT2D eigenvalue weighted by Gasteiger charge is -2.41. The monoisotopic (exact) mass is 235 g/mol. The van der Waals surface area contributed by atoms with Gasteiger partial charge in [-0.3, -0.25) is 4.79 Å². The zero-order valence-electron chi connectivity index (χ0n) is 10.3. The Kier molecular flexibility index (Phi) is 2.95. The molecular weight excluding hydrogens is 214 g/mol. The fourth-order valence-corrected chi connectivity index (χ4v) is 3.88. The molecular formula is C14H21NO2. The summed E-state index contributed by atoms with van der Waals surface area (Å²) in [6, 6.07) is 1.14. The number of hydrogen-bond donors (Lipinski definition) is 1. The summed E-state index contributed by atoms with van der Waals surface area (Å²) >= 11 is 0. The van der Waals surface area contributed by atoms with Crippen LogP contribution < -0.4 is 0 Å². The third-order valence-corrected chi connectivity index (χ3v) is 4.62. The minimum absolute atomic E-state index is 0.268. The maximum absolute atomic E-state index is 11.9. The van der Waals surface area contributed by atoms with Crippen molar-refractivity contribution in [3.63, 3.8) is 0 Å². The first kappa shape index (κ1) is 11.3. The summed E-state index contributed by atoms with van der Waals surface area (Å²) < 4.78 is 0. The van der Waals surface area contributed by atoms with Gasteiger partial charge < -0.3 is 10.0 Å². The summed E-state index contributed by atoms with van der Waals surface area (Å²) in [5, 5.41) is 9.16. The molecule has 0 aromatic carbocycles. The number of fused-ring (bicyclic) bond motifs is 2. The number of aliphatic hydroxyl groups excluding tert-OH is 1. The zero-order chi connectivity index (χ0) is 11.8. The molecule has 0 saturated carbocycles. The molecule has 1 fully saturated rings. The first-order chi connectivity index (χ1) is 8.31. The van der Waals surface area contributed by atoms with Gasteiger partial charge in [0.25, 0.3) is 0 Å². The van der Waals surface area contributed by atoms with Crippen LogP contribution in [0.1, 0.15) is 51.4 Å². The van der Waals surface area contributed by atoms with Crippen LogP contribution in [0.5, 0.6) is 0 Å². The SMILES string of the molecule is O=C1CCCC2=C1CCC1CCC(CCO)N21. The molecule has 3 nitrogen and oxygen atoms in total. The standard InChI is InChI=1S/C14H21NO2/c16-9-8-11-5-4-10-6-7-12-13(15(10)11)2-1-3-14(12)17/h10-11,16H,1-9H2. The highest BCUT2D eigenvalue weighted by Crippen LogP contribution is 2.42. The van der Waals surface area contributed by atoms with Crippen molar-refractivity contribution in [2.75, 3.05) is 6.61 Å². The zero-order valence-corrected chi connectivity index (χ0v) is 10.3. The lowest BCUT2D eigenvalue weighted by Crippen LogP contribution is -2.41. The molecule has 2 aliphatic heterocycles. The summed E-state index contributed by atoms with van der Waals surface area (Å²) in [7, 11) is 0. The summed E-state index contributed by atoms with van der Waals surface area (Å²) in [5.41, 5.74) is 2.46. The number of carbonyl (C=O) groups excluding carboxylic acids is 1. The summed E-state index contributed by atoms with van der Waals surface area (Å²) in [4.78, 5) is 14.5. The fourth-order valence-electron chi connectivity index (χ4n) is 3.88. The third kappa shape index (κ3) is 1.81. The number of rotatable bonds is 2. The van der Waals surface area contributed by atoms with E-state index in [1.807, 2.05) is 0 Å². The van der Waals surface area contributed by atoms with Gasteiger partial charge in [0.1, 0.15) is 0 Å². The van der Waals surface area contributed by atoms with Crippen molar-refractivity contribution in [3.05, 3.63) is 11.3 Å². The largest absolute Gasteiger partial charge is 0.396 e. The Morgan fingerprint density at radius 2 is 2.06 bits per heavy atom. The van der Waals surface area contributed by atoms with Crippen molar-refractivity contribution in [2.24, 2.45) is 0 Å². The van der Waals surface area contributed by atoms with Gasteiger partial charge in [-0.2, -0.15) is 0 Å². The molecule has 1 aliphatic carbocycles. The normalized spacial score (nSPS) is 32.8. The van der Waals surface area contributed by atoms with Gasteiger partial charge in [-0.05, 0) is 44.9 Å². The summed E-state index contributed by atoms with van der Waals surface area (Å²) in [6.45, 7) is 0.268. The molecule has 0 radical (unpaired) electrons. The number of hydrogen-bond acceptors (Lipinski definition) is 3. The fraction of sp³-hybridized carbons (Fsp3) is 0.786. The molecule has 17 heavy (non-hydrogen) atoms. The van der Waals surface area contributed by atoms with Crippen LogP contribution in [-0.2, 0) is 4.79 Å². The third-order valence-electron chi connectivity index (χ3n) is 4.62. The van der Waals surface area contributed by atoms with Gasteiger partial charge in [0.15, 0.2) is 5.78 Å². The highest BCUT2D eigenvalue weighted by molar-refractivity contribution is 5.97. The van der Waals surface area contributed by atoms with Crippen LogP contribution in [-0.4, -0.2) is 34.5 Å². The summed E-state index contributed by atoms with van der Waals surface area (Å²) in [6.07, 6.45) is 8.30. The number of aliphatic hydroxyl groups is 1. The quantitative estimate of drug-likeness (QED) is 0.796. The Hall–Kier alpha value is -0.830. The molecule has 2 unspecified atom stereocenters. The Bertz CT molecular complexity index is 361. The van der Waals surface area contributed by atoms with Gasteiger partial charge in [0.05, 0.1) is 0 Å².